The molecule has 0 bridgehead atoms. The molecule has 0 aromatic rings. The summed E-state index contributed by atoms with van der Waals surface area (Å²) >= 11 is 0. The van der Waals surface area contributed by atoms with Gasteiger partial charge in [0.05, 0.1) is 6.10 Å². The number of terminal acetylenes is 1. The Hall–Kier alpha value is -0.740. The zero-order valence-corrected chi connectivity index (χ0v) is 6.71. The molecule has 0 saturated heterocycles. The molecule has 0 aliphatic heterocycles. The molecule has 0 radical (unpaired) electrons. The minimum Gasteiger partial charge on any atom is -0.389 e. The van der Waals surface area contributed by atoms with Crippen molar-refractivity contribution in [3.8, 4) is 12.3 Å². The van der Waals surface area contributed by atoms with Crippen LogP contribution in [-0.2, 0) is 0 Å². The van der Waals surface area contributed by atoms with Gasteiger partial charge in [0, 0.05) is 6.42 Å². The average Bonchev–Trinajstić information content (AvgIpc) is 2.52. The lowest BCUT2D eigenvalue weighted by molar-refractivity contribution is 0.199. The molecule has 1 nitrogen and oxygen atoms in total. The van der Waals surface area contributed by atoms with E-state index >= 15 is 0 Å². The molecule has 60 valence electrons. The Bertz CT molecular complexity index is 186. The van der Waals surface area contributed by atoms with Crippen molar-refractivity contribution in [1.29, 1.82) is 0 Å². The second kappa shape index (κ2) is 4.20. The number of hydrogen-bond donors (Lipinski definition) is 1. The minimum atomic E-state index is -0.270. The second-order valence-electron chi connectivity index (χ2n) is 2.93. The van der Waals surface area contributed by atoms with E-state index in [0.717, 1.165) is 19.3 Å². The lowest BCUT2D eigenvalue weighted by atomic mass is 10.1. The minimum absolute atomic E-state index is 0.270. The number of hydrogen-bond acceptors (Lipinski definition) is 1. The van der Waals surface area contributed by atoms with E-state index in [1.54, 1.807) is 0 Å². The maximum Gasteiger partial charge on any atom is 0.0759 e. The van der Waals surface area contributed by atoms with Crippen molar-refractivity contribution in [1.82, 2.24) is 0 Å². The Kier molecular flexibility index (Phi) is 3.19. The van der Waals surface area contributed by atoms with Gasteiger partial charge in [0.1, 0.15) is 0 Å². The molecule has 0 saturated carbocycles. The van der Waals surface area contributed by atoms with E-state index in [0.29, 0.717) is 6.42 Å². The third-order valence-corrected chi connectivity index (χ3v) is 2.07. The van der Waals surface area contributed by atoms with Gasteiger partial charge in [0.15, 0.2) is 0 Å². The zero-order valence-electron chi connectivity index (χ0n) is 6.71. The molecule has 1 aliphatic rings. The smallest absolute Gasteiger partial charge is 0.0759 e. The van der Waals surface area contributed by atoms with Crippen LogP contribution in [0.15, 0.2) is 11.6 Å². The molecule has 0 amide bonds. The summed E-state index contributed by atoms with van der Waals surface area (Å²) in [6, 6.07) is 0. The number of aliphatic hydroxyl groups is 1. The fourth-order valence-corrected chi connectivity index (χ4v) is 1.40. The van der Waals surface area contributed by atoms with Crippen LogP contribution in [0.2, 0.25) is 0 Å². The van der Waals surface area contributed by atoms with Crippen LogP contribution in [0.25, 0.3) is 0 Å². The van der Waals surface area contributed by atoms with Gasteiger partial charge in [-0.3, -0.25) is 0 Å². The topological polar surface area (TPSA) is 20.2 Å². The molecule has 11 heavy (non-hydrogen) atoms. The Morgan fingerprint density at radius 1 is 1.73 bits per heavy atom. The van der Waals surface area contributed by atoms with Gasteiger partial charge in [-0.2, -0.15) is 0 Å². The number of rotatable bonds is 3. The predicted molar refractivity (Wildman–Crippen MR) is 46.0 cm³/mol. The first-order valence-electron chi connectivity index (χ1n) is 4.15. The van der Waals surface area contributed by atoms with Crippen molar-refractivity contribution in [2.75, 3.05) is 0 Å². The van der Waals surface area contributed by atoms with Crippen molar-refractivity contribution >= 4 is 0 Å². The summed E-state index contributed by atoms with van der Waals surface area (Å²) < 4.78 is 0. The Labute approximate surface area is 68.1 Å². The van der Waals surface area contributed by atoms with Crippen LogP contribution in [0.1, 0.15) is 32.1 Å². The fraction of sp³-hybridized carbons (Fsp3) is 0.600. The fourth-order valence-electron chi connectivity index (χ4n) is 1.40. The maximum absolute atomic E-state index is 9.52. The summed E-state index contributed by atoms with van der Waals surface area (Å²) in [6.45, 7) is 0. The maximum atomic E-state index is 9.52. The van der Waals surface area contributed by atoms with Crippen molar-refractivity contribution in [2.45, 2.75) is 38.2 Å². The predicted octanol–water partition coefficient (Wildman–Crippen LogP) is 1.87. The van der Waals surface area contributed by atoms with Gasteiger partial charge in [-0.1, -0.05) is 6.08 Å². The quantitative estimate of drug-likeness (QED) is 0.481. The summed E-state index contributed by atoms with van der Waals surface area (Å²) in [5, 5.41) is 9.52. The first-order valence-corrected chi connectivity index (χ1v) is 4.15. The van der Waals surface area contributed by atoms with Crippen molar-refractivity contribution < 1.29 is 5.11 Å². The first-order chi connectivity index (χ1) is 5.34. The largest absolute Gasteiger partial charge is 0.389 e. The molecule has 1 aliphatic carbocycles. The monoisotopic (exact) mass is 150 g/mol. The van der Waals surface area contributed by atoms with Crippen LogP contribution < -0.4 is 0 Å². The van der Waals surface area contributed by atoms with Crippen LogP contribution in [0.3, 0.4) is 0 Å². The highest BCUT2D eigenvalue weighted by atomic mass is 16.3. The summed E-state index contributed by atoms with van der Waals surface area (Å²) in [4.78, 5) is 0. The molecule has 1 atom stereocenters. The van der Waals surface area contributed by atoms with E-state index in [1.165, 1.54) is 12.0 Å². The van der Waals surface area contributed by atoms with Gasteiger partial charge in [0.2, 0.25) is 0 Å². The molecule has 0 fully saturated rings. The highest BCUT2D eigenvalue weighted by molar-refractivity contribution is 5.12. The molecule has 1 rings (SSSR count). The van der Waals surface area contributed by atoms with E-state index in [9.17, 15) is 5.11 Å². The van der Waals surface area contributed by atoms with Crippen LogP contribution in [0.5, 0.6) is 0 Å². The second-order valence-corrected chi connectivity index (χ2v) is 2.93. The van der Waals surface area contributed by atoms with Crippen LogP contribution in [-0.4, -0.2) is 11.2 Å². The Balaban J connectivity index is 2.29. The van der Waals surface area contributed by atoms with E-state index in [-0.39, 0.29) is 6.10 Å². The Morgan fingerprint density at radius 3 is 3.09 bits per heavy atom. The molecular weight excluding hydrogens is 136 g/mol. The van der Waals surface area contributed by atoms with Gasteiger partial charge < -0.3 is 5.11 Å². The molecule has 0 heterocycles. The van der Waals surface area contributed by atoms with Crippen LogP contribution >= 0.6 is 0 Å². The highest BCUT2D eigenvalue weighted by Crippen LogP contribution is 2.22. The zero-order chi connectivity index (χ0) is 8.10. The third-order valence-electron chi connectivity index (χ3n) is 2.07. The van der Waals surface area contributed by atoms with E-state index in [2.05, 4.69) is 12.0 Å². The van der Waals surface area contributed by atoms with Crippen molar-refractivity contribution in [3.05, 3.63) is 11.6 Å². The Morgan fingerprint density at radius 2 is 2.55 bits per heavy atom. The van der Waals surface area contributed by atoms with Gasteiger partial charge in [0.25, 0.3) is 0 Å². The SMILES string of the molecule is C#CCC[C@H](O)C1=CCCC1. The molecule has 0 aromatic carbocycles. The normalized spacial score (nSPS) is 19.1. The van der Waals surface area contributed by atoms with Crippen molar-refractivity contribution in [2.24, 2.45) is 0 Å². The van der Waals surface area contributed by atoms with Gasteiger partial charge >= 0.3 is 0 Å². The van der Waals surface area contributed by atoms with Gasteiger partial charge in [-0.05, 0) is 31.3 Å². The standard InChI is InChI=1S/C10H14O/c1-2-3-8-10(11)9-6-4-5-7-9/h1,6,10-11H,3-5,7-8H2/t10-/m0/s1. The van der Waals surface area contributed by atoms with Crippen LogP contribution in [0, 0.1) is 12.3 Å². The van der Waals surface area contributed by atoms with Crippen LogP contribution in [0.4, 0.5) is 0 Å². The number of aliphatic hydroxyl groups excluding tert-OH is 1. The van der Waals surface area contributed by atoms with Gasteiger partial charge in [-0.15, -0.1) is 12.3 Å². The lowest BCUT2D eigenvalue weighted by Gasteiger charge is -2.08. The summed E-state index contributed by atoms with van der Waals surface area (Å²) in [5.41, 5.74) is 1.19. The molecule has 1 heteroatoms. The van der Waals surface area contributed by atoms with E-state index < -0.39 is 0 Å². The number of allylic oxidation sites excluding steroid dienone is 1. The summed E-state index contributed by atoms with van der Waals surface area (Å²) in [7, 11) is 0. The molecular formula is C10H14O. The molecule has 0 unspecified atom stereocenters. The molecule has 0 spiro atoms. The molecule has 0 aromatic heterocycles. The highest BCUT2D eigenvalue weighted by Gasteiger charge is 2.12. The summed E-state index contributed by atoms with van der Waals surface area (Å²) in [6.07, 6.45) is 11.8. The first kappa shape index (κ1) is 8.36. The van der Waals surface area contributed by atoms with E-state index in [4.69, 9.17) is 6.42 Å². The summed E-state index contributed by atoms with van der Waals surface area (Å²) in [5.74, 6) is 2.53. The van der Waals surface area contributed by atoms with Crippen molar-refractivity contribution in [3.63, 3.8) is 0 Å². The lowest BCUT2D eigenvalue weighted by Crippen LogP contribution is -2.07. The van der Waals surface area contributed by atoms with Gasteiger partial charge in [-0.25, -0.2) is 0 Å². The third kappa shape index (κ3) is 2.40. The van der Waals surface area contributed by atoms with E-state index in [1.807, 2.05) is 0 Å². The average molecular weight is 150 g/mol. The molecule has 1 N–H and O–H groups in total.